The number of carbonyl (C=O) groups excluding carboxylic acids is 1. The molecule has 16 heavy (non-hydrogen) atoms. The summed E-state index contributed by atoms with van der Waals surface area (Å²) < 4.78 is 17.4. The Bertz CT molecular complexity index is 465. The molecule has 0 bridgehead atoms. The largest absolute Gasteiger partial charge is 0.464 e. The van der Waals surface area contributed by atoms with Gasteiger partial charge in [0.25, 0.3) is 0 Å². The van der Waals surface area contributed by atoms with Gasteiger partial charge < -0.3 is 4.74 Å². The number of nitrogens with zero attached hydrogens (tertiary/aromatic N) is 2. The zero-order chi connectivity index (χ0) is 12.0. The summed E-state index contributed by atoms with van der Waals surface area (Å²) in [5.41, 5.74) is 1.86. The first-order valence-corrected chi connectivity index (χ1v) is 4.25. The van der Waals surface area contributed by atoms with Gasteiger partial charge >= 0.3 is 5.97 Å². The van der Waals surface area contributed by atoms with Crippen LogP contribution in [-0.4, -0.2) is 18.8 Å². The van der Waals surface area contributed by atoms with Gasteiger partial charge in [-0.2, -0.15) is 10.4 Å². The molecule has 0 radical (unpaired) electrons. The van der Waals surface area contributed by atoms with Crippen molar-refractivity contribution in [3.63, 3.8) is 0 Å². The van der Waals surface area contributed by atoms with Gasteiger partial charge in [-0.3, -0.25) is 5.43 Å². The van der Waals surface area contributed by atoms with Crippen LogP contribution in [0, 0.1) is 17.1 Å². The molecule has 0 atom stereocenters. The molecule has 0 spiro atoms. The number of anilines is 1. The summed E-state index contributed by atoms with van der Waals surface area (Å²) in [6, 6.07) is 7.28. The third-order valence-electron chi connectivity index (χ3n) is 1.65. The maximum atomic E-state index is 13.1. The molecule has 1 N–H and O–H groups in total. The fourth-order valence-corrected chi connectivity index (χ4v) is 0.881. The maximum Gasteiger partial charge on any atom is 0.369 e. The first-order valence-electron chi connectivity index (χ1n) is 4.25. The number of ether oxygens (including phenoxy) is 1. The fraction of sp³-hybridized carbons (Fsp3) is 0.100. The standard InChI is InChI=1S/C10H8FN3O2/c1-16-10(15)9(6-12)14-13-8-5-3-2-4-7(8)11/h2-5,13H,1H3. The van der Waals surface area contributed by atoms with E-state index in [0.717, 1.165) is 7.11 Å². The number of esters is 1. The summed E-state index contributed by atoms with van der Waals surface area (Å²) in [5.74, 6) is -1.42. The van der Waals surface area contributed by atoms with Crippen molar-refractivity contribution in [2.24, 2.45) is 5.10 Å². The van der Waals surface area contributed by atoms with Crippen molar-refractivity contribution in [2.45, 2.75) is 0 Å². The number of hydrogen-bond donors (Lipinski definition) is 1. The number of nitrogens with one attached hydrogen (secondary N) is 1. The molecule has 0 unspecified atom stereocenters. The third-order valence-corrected chi connectivity index (χ3v) is 1.65. The molecule has 0 saturated carbocycles. The molecule has 1 aromatic rings. The average Bonchev–Trinajstić information content (AvgIpc) is 2.31. The predicted octanol–water partition coefficient (Wildman–Crippen LogP) is 1.29. The Balaban J connectivity index is 2.84. The lowest BCUT2D eigenvalue weighted by Crippen LogP contribution is -2.15. The summed E-state index contributed by atoms with van der Waals surface area (Å²) >= 11 is 0. The molecule has 5 nitrogen and oxygen atoms in total. The maximum absolute atomic E-state index is 13.1. The molecule has 0 saturated heterocycles. The molecule has 6 heteroatoms. The van der Waals surface area contributed by atoms with Gasteiger partial charge in [0.1, 0.15) is 11.9 Å². The van der Waals surface area contributed by atoms with Crippen molar-refractivity contribution in [1.29, 1.82) is 5.26 Å². The molecule has 0 aromatic heterocycles. The second-order valence-electron chi connectivity index (χ2n) is 2.66. The number of para-hydroxylation sites is 1. The predicted molar refractivity (Wildman–Crippen MR) is 55.1 cm³/mol. The van der Waals surface area contributed by atoms with Crippen LogP contribution in [0.25, 0.3) is 0 Å². The Morgan fingerprint density at radius 2 is 2.25 bits per heavy atom. The lowest BCUT2D eigenvalue weighted by atomic mass is 10.3. The topological polar surface area (TPSA) is 74.5 Å². The van der Waals surface area contributed by atoms with Gasteiger partial charge in [-0.1, -0.05) is 12.1 Å². The lowest BCUT2D eigenvalue weighted by Gasteiger charge is -2.01. The van der Waals surface area contributed by atoms with Crippen molar-refractivity contribution in [3.8, 4) is 6.07 Å². The molecule has 1 aromatic carbocycles. The molecule has 0 aliphatic heterocycles. The fourth-order valence-electron chi connectivity index (χ4n) is 0.881. The second-order valence-corrected chi connectivity index (χ2v) is 2.66. The van der Waals surface area contributed by atoms with Gasteiger partial charge in [-0.05, 0) is 12.1 Å². The van der Waals surface area contributed by atoms with Crippen molar-refractivity contribution < 1.29 is 13.9 Å². The number of hydrazone groups is 1. The Morgan fingerprint density at radius 1 is 1.56 bits per heavy atom. The number of rotatable bonds is 3. The smallest absolute Gasteiger partial charge is 0.369 e. The highest BCUT2D eigenvalue weighted by molar-refractivity contribution is 6.43. The molecule has 1 rings (SSSR count). The van der Waals surface area contributed by atoms with Crippen molar-refractivity contribution in [1.82, 2.24) is 0 Å². The van der Waals surface area contributed by atoms with Gasteiger partial charge in [0.2, 0.25) is 5.71 Å². The summed E-state index contributed by atoms with van der Waals surface area (Å²) in [5, 5.41) is 12.0. The van der Waals surface area contributed by atoms with Crippen molar-refractivity contribution in [3.05, 3.63) is 30.1 Å². The normalized spacial score (nSPS) is 10.4. The summed E-state index contributed by atoms with van der Waals surface area (Å²) in [7, 11) is 1.12. The highest BCUT2D eigenvalue weighted by Crippen LogP contribution is 2.11. The Labute approximate surface area is 91.1 Å². The van der Waals surface area contributed by atoms with Gasteiger partial charge in [-0.25, -0.2) is 9.18 Å². The Kier molecular flexibility index (Phi) is 3.98. The first kappa shape index (κ1) is 11.7. The van der Waals surface area contributed by atoms with Crippen LogP contribution in [0.3, 0.4) is 0 Å². The van der Waals surface area contributed by atoms with Crippen LogP contribution < -0.4 is 5.43 Å². The molecule has 0 aliphatic rings. The average molecular weight is 221 g/mol. The SMILES string of the molecule is COC(=O)C(C#N)=NNc1ccccc1F. The van der Waals surface area contributed by atoms with E-state index in [1.165, 1.54) is 24.3 Å². The van der Waals surface area contributed by atoms with Gasteiger partial charge in [0, 0.05) is 0 Å². The molecular formula is C10H8FN3O2. The molecular weight excluding hydrogens is 213 g/mol. The van der Waals surface area contributed by atoms with Crippen LogP contribution >= 0.6 is 0 Å². The van der Waals surface area contributed by atoms with E-state index < -0.39 is 17.5 Å². The summed E-state index contributed by atoms with van der Waals surface area (Å²) in [4.78, 5) is 10.9. The molecule has 0 amide bonds. The minimum atomic E-state index is -0.883. The minimum Gasteiger partial charge on any atom is -0.464 e. The van der Waals surface area contributed by atoms with E-state index in [-0.39, 0.29) is 5.69 Å². The zero-order valence-corrected chi connectivity index (χ0v) is 8.40. The second kappa shape index (κ2) is 5.46. The molecule has 0 aliphatic carbocycles. The van der Waals surface area contributed by atoms with Crippen LogP contribution in [0.1, 0.15) is 0 Å². The van der Waals surface area contributed by atoms with E-state index in [0.29, 0.717) is 0 Å². The van der Waals surface area contributed by atoms with Crippen LogP contribution in [0.15, 0.2) is 29.4 Å². The van der Waals surface area contributed by atoms with Crippen molar-refractivity contribution in [2.75, 3.05) is 12.5 Å². The van der Waals surface area contributed by atoms with Gasteiger partial charge in [0.15, 0.2) is 0 Å². The third kappa shape index (κ3) is 2.78. The van der Waals surface area contributed by atoms with Crippen molar-refractivity contribution >= 4 is 17.4 Å². The van der Waals surface area contributed by atoms with E-state index in [1.807, 2.05) is 0 Å². The molecule has 82 valence electrons. The van der Waals surface area contributed by atoms with Gasteiger partial charge in [0.05, 0.1) is 12.8 Å². The number of halogens is 1. The number of methoxy groups -OCH3 is 1. The van der Waals surface area contributed by atoms with E-state index in [9.17, 15) is 9.18 Å². The van der Waals surface area contributed by atoms with Crippen LogP contribution in [0.2, 0.25) is 0 Å². The summed E-state index contributed by atoms with van der Waals surface area (Å²) in [6.07, 6.45) is 0. The molecule has 0 fully saturated rings. The van der Waals surface area contributed by atoms with Gasteiger partial charge in [-0.15, -0.1) is 0 Å². The minimum absolute atomic E-state index is 0.0687. The molecule has 0 heterocycles. The zero-order valence-electron chi connectivity index (χ0n) is 8.40. The summed E-state index contributed by atoms with van der Waals surface area (Å²) in [6.45, 7) is 0. The first-order chi connectivity index (χ1) is 7.69. The van der Waals surface area contributed by atoms with E-state index in [4.69, 9.17) is 5.26 Å². The van der Waals surface area contributed by atoms with Crippen LogP contribution in [-0.2, 0) is 9.53 Å². The number of benzene rings is 1. The lowest BCUT2D eigenvalue weighted by molar-refractivity contribution is -0.132. The van der Waals surface area contributed by atoms with E-state index in [1.54, 1.807) is 6.07 Å². The van der Waals surface area contributed by atoms with E-state index >= 15 is 0 Å². The monoisotopic (exact) mass is 221 g/mol. The quantitative estimate of drug-likeness (QED) is 0.474. The van der Waals surface area contributed by atoms with Crippen LogP contribution in [0.5, 0.6) is 0 Å². The van der Waals surface area contributed by atoms with Crippen LogP contribution in [0.4, 0.5) is 10.1 Å². The number of carbonyl (C=O) groups is 1. The highest BCUT2D eigenvalue weighted by Gasteiger charge is 2.10. The number of nitriles is 1. The number of hydrogen-bond acceptors (Lipinski definition) is 5. The van der Waals surface area contributed by atoms with E-state index in [2.05, 4.69) is 15.3 Å². The Morgan fingerprint density at radius 3 is 2.81 bits per heavy atom. The highest BCUT2D eigenvalue weighted by atomic mass is 19.1. The Hall–Kier alpha value is -2.42.